The SMILES string of the molecule is N[C@@H](CO)C(=O)N[C@@H](Cc1ccccc1)C(=O)N1CCC[C@H]1C(=O)N[C@@H](CC(=O)O)C(=O)O. The van der Waals surface area contributed by atoms with Gasteiger partial charge >= 0.3 is 11.9 Å². The third kappa shape index (κ3) is 7.26. The first-order valence-electron chi connectivity index (χ1n) is 10.4. The molecule has 0 aromatic heterocycles. The van der Waals surface area contributed by atoms with Crippen LogP contribution in [0.5, 0.6) is 0 Å². The summed E-state index contributed by atoms with van der Waals surface area (Å²) in [6, 6.07) is 3.85. The molecule has 1 aliphatic rings. The van der Waals surface area contributed by atoms with E-state index in [4.69, 9.17) is 15.9 Å². The molecule has 0 unspecified atom stereocenters. The van der Waals surface area contributed by atoms with Gasteiger partial charge in [0.2, 0.25) is 17.7 Å². The van der Waals surface area contributed by atoms with E-state index < -0.39 is 66.9 Å². The number of hydrogen-bond donors (Lipinski definition) is 6. The maximum atomic E-state index is 13.3. The lowest BCUT2D eigenvalue weighted by atomic mass is 10.0. The van der Waals surface area contributed by atoms with Gasteiger partial charge in [-0.05, 0) is 18.4 Å². The summed E-state index contributed by atoms with van der Waals surface area (Å²) >= 11 is 0. The number of carboxylic acid groups (broad SMARTS) is 2. The van der Waals surface area contributed by atoms with E-state index in [1.807, 2.05) is 0 Å². The van der Waals surface area contributed by atoms with Crippen LogP contribution in [0, 0.1) is 0 Å². The number of benzene rings is 1. The second kappa shape index (κ2) is 11.9. The predicted octanol–water partition coefficient (Wildman–Crippen LogP) is -1.93. The molecule has 1 saturated heterocycles. The zero-order valence-corrected chi connectivity index (χ0v) is 17.8. The molecular formula is C21H28N4O8. The molecular weight excluding hydrogens is 436 g/mol. The van der Waals surface area contributed by atoms with E-state index in [0.29, 0.717) is 6.42 Å². The quantitative estimate of drug-likeness (QED) is 0.216. The smallest absolute Gasteiger partial charge is 0.326 e. The molecule has 1 aromatic rings. The Labute approximate surface area is 189 Å². The van der Waals surface area contributed by atoms with Crippen LogP contribution < -0.4 is 16.4 Å². The molecule has 1 aliphatic heterocycles. The highest BCUT2D eigenvalue weighted by atomic mass is 16.4. The van der Waals surface area contributed by atoms with Crippen molar-refractivity contribution >= 4 is 29.7 Å². The molecule has 12 nitrogen and oxygen atoms in total. The average Bonchev–Trinajstić information content (AvgIpc) is 3.27. The van der Waals surface area contributed by atoms with Gasteiger partial charge in [0.25, 0.3) is 0 Å². The number of carbonyl (C=O) groups is 5. The van der Waals surface area contributed by atoms with Gasteiger partial charge in [-0.15, -0.1) is 0 Å². The Hall–Kier alpha value is -3.51. The van der Waals surface area contributed by atoms with E-state index >= 15 is 0 Å². The Kier molecular flexibility index (Phi) is 9.30. The van der Waals surface area contributed by atoms with Gasteiger partial charge in [0, 0.05) is 13.0 Å². The lowest BCUT2D eigenvalue weighted by molar-refractivity contribution is -0.148. The molecule has 180 valence electrons. The van der Waals surface area contributed by atoms with Crippen LogP contribution in [-0.4, -0.2) is 87.2 Å². The number of nitrogens with two attached hydrogens (primary N) is 1. The summed E-state index contributed by atoms with van der Waals surface area (Å²) in [7, 11) is 0. The number of carboxylic acids is 2. The van der Waals surface area contributed by atoms with Gasteiger partial charge in [0.15, 0.2) is 0 Å². The first-order valence-corrected chi connectivity index (χ1v) is 10.4. The van der Waals surface area contributed by atoms with Crippen molar-refractivity contribution in [1.82, 2.24) is 15.5 Å². The number of aliphatic hydroxyl groups excluding tert-OH is 1. The van der Waals surface area contributed by atoms with Crippen LogP contribution in [0.25, 0.3) is 0 Å². The van der Waals surface area contributed by atoms with E-state index in [0.717, 1.165) is 5.56 Å². The van der Waals surface area contributed by atoms with Crippen LogP contribution in [0.15, 0.2) is 30.3 Å². The van der Waals surface area contributed by atoms with Crippen LogP contribution in [0.3, 0.4) is 0 Å². The zero-order valence-electron chi connectivity index (χ0n) is 17.8. The lowest BCUT2D eigenvalue weighted by Gasteiger charge is -2.30. The van der Waals surface area contributed by atoms with Gasteiger partial charge in [0.05, 0.1) is 13.0 Å². The van der Waals surface area contributed by atoms with Crippen molar-refractivity contribution in [3.05, 3.63) is 35.9 Å². The number of rotatable bonds is 11. The number of aliphatic hydroxyl groups is 1. The van der Waals surface area contributed by atoms with Crippen molar-refractivity contribution in [2.24, 2.45) is 5.73 Å². The van der Waals surface area contributed by atoms with Crippen LogP contribution in [0.2, 0.25) is 0 Å². The highest BCUT2D eigenvalue weighted by Crippen LogP contribution is 2.20. The summed E-state index contributed by atoms with van der Waals surface area (Å²) in [5.74, 6) is -4.99. The second-order valence-corrected chi connectivity index (χ2v) is 7.73. The van der Waals surface area contributed by atoms with Gasteiger partial charge in [-0.1, -0.05) is 30.3 Å². The fourth-order valence-corrected chi connectivity index (χ4v) is 3.56. The standard InChI is InChI=1S/C21H28N4O8/c22-13(11-26)18(29)23-14(9-12-5-2-1-3-6-12)20(31)25-8-4-7-16(25)19(30)24-15(21(32)33)10-17(27)28/h1-3,5-6,13-16,26H,4,7-11,22H2,(H,23,29)(H,24,30)(H,27,28)(H,32,33)/t13-,14-,15-,16-/m0/s1. The van der Waals surface area contributed by atoms with Crippen LogP contribution in [0.1, 0.15) is 24.8 Å². The van der Waals surface area contributed by atoms with E-state index in [1.165, 1.54) is 4.90 Å². The topological polar surface area (TPSA) is 199 Å². The fourth-order valence-electron chi connectivity index (χ4n) is 3.56. The second-order valence-electron chi connectivity index (χ2n) is 7.73. The summed E-state index contributed by atoms with van der Waals surface area (Å²) in [5.41, 5.74) is 6.29. The van der Waals surface area contributed by atoms with E-state index in [1.54, 1.807) is 30.3 Å². The van der Waals surface area contributed by atoms with E-state index in [9.17, 15) is 29.1 Å². The van der Waals surface area contributed by atoms with Crippen molar-refractivity contribution < 1.29 is 39.3 Å². The summed E-state index contributed by atoms with van der Waals surface area (Å²) in [4.78, 5) is 61.7. The third-order valence-electron chi connectivity index (χ3n) is 5.26. The number of aliphatic carboxylic acids is 2. The number of hydrogen-bond acceptors (Lipinski definition) is 7. The maximum Gasteiger partial charge on any atom is 0.326 e. The fraction of sp³-hybridized carbons (Fsp3) is 0.476. The molecule has 0 spiro atoms. The highest BCUT2D eigenvalue weighted by Gasteiger charge is 2.39. The van der Waals surface area contributed by atoms with Crippen LogP contribution >= 0.6 is 0 Å². The zero-order chi connectivity index (χ0) is 24.5. The summed E-state index contributed by atoms with van der Waals surface area (Å²) in [6.07, 6.45) is 0.000434. The van der Waals surface area contributed by atoms with Crippen molar-refractivity contribution in [3.63, 3.8) is 0 Å². The molecule has 33 heavy (non-hydrogen) atoms. The van der Waals surface area contributed by atoms with Crippen LogP contribution in [-0.2, 0) is 30.4 Å². The Morgan fingerprint density at radius 2 is 1.73 bits per heavy atom. The number of nitrogens with zero attached hydrogens (tertiary/aromatic N) is 1. The highest BCUT2D eigenvalue weighted by molar-refractivity contribution is 5.95. The third-order valence-corrected chi connectivity index (χ3v) is 5.26. The predicted molar refractivity (Wildman–Crippen MR) is 114 cm³/mol. The molecule has 1 fully saturated rings. The minimum atomic E-state index is -1.64. The largest absolute Gasteiger partial charge is 0.481 e. The summed E-state index contributed by atoms with van der Waals surface area (Å²) < 4.78 is 0. The first-order chi connectivity index (χ1) is 15.6. The molecule has 4 atom stereocenters. The van der Waals surface area contributed by atoms with Crippen molar-refractivity contribution in [2.75, 3.05) is 13.2 Å². The number of carbonyl (C=O) groups excluding carboxylic acids is 3. The molecule has 1 heterocycles. The molecule has 1 aromatic carbocycles. The van der Waals surface area contributed by atoms with Crippen molar-refractivity contribution in [1.29, 1.82) is 0 Å². The van der Waals surface area contributed by atoms with Gasteiger partial charge in [0.1, 0.15) is 24.2 Å². The molecule has 7 N–H and O–H groups in total. The van der Waals surface area contributed by atoms with Gasteiger partial charge in [-0.2, -0.15) is 0 Å². The van der Waals surface area contributed by atoms with Crippen molar-refractivity contribution in [2.45, 2.75) is 49.9 Å². The molecule has 12 heteroatoms. The summed E-state index contributed by atoms with van der Waals surface area (Å²) in [5, 5.41) is 31.9. The molecule has 2 rings (SSSR count). The minimum absolute atomic E-state index is 0.102. The molecule has 0 aliphatic carbocycles. The Morgan fingerprint density at radius 3 is 2.30 bits per heavy atom. The Bertz CT molecular complexity index is 878. The van der Waals surface area contributed by atoms with Crippen molar-refractivity contribution in [3.8, 4) is 0 Å². The average molecular weight is 464 g/mol. The Balaban J connectivity index is 2.20. The minimum Gasteiger partial charge on any atom is -0.481 e. The number of likely N-dealkylation sites (tertiary alicyclic amines) is 1. The van der Waals surface area contributed by atoms with E-state index in [-0.39, 0.29) is 19.4 Å². The lowest BCUT2D eigenvalue weighted by Crippen LogP contribution is -2.57. The maximum absolute atomic E-state index is 13.3. The van der Waals surface area contributed by atoms with Crippen LogP contribution in [0.4, 0.5) is 0 Å². The number of amides is 3. The normalized spacial score (nSPS) is 18.1. The van der Waals surface area contributed by atoms with Gasteiger partial charge in [-0.25, -0.2) is 4.79 Å². The molecule has 3 amide bonds. The van der Waals surface area contributed by atoms with E-state index in [2.05, 4.69) is 10.6 Å². The van der Waals surface area contributed by atoms with Gasteiger partial charge < -0.3 is 36.6 Å². The summed E-state index contributed by atoms with van der Waals surface area (Å²) in [6.45, 7) is -0.423. The monoisotopic (exact) mass is 464 g/mol. The molecule has 0 bridgehead atoms. The number of nitrogens with one attached hydrogen (secondary N) is 2. The molecule has 0 radical (unpaired) electrons. The Morgan fingerprint density at radius 1 is 1.06 bits per heavy atom. The van der Waals surface area contributed by atoms with Gasteiger partial charge in [-0.3, -0.25) is 19.2 Å². The molecule has 0 saturated carbocycles. The first kappa shape index (κ1) is 25.7.